The van der Waals surface area contributed by atoms with Crippen molar-refractivity contribution in [2.24, 2.45) is 5.92 Å². The van der Waals surface area contributed by atoms with Gasteiger partial charge in [-0.15, -0.1) is 12.4 Å². The SMILES string of the molecule is Cl.c1cc2c(cc1OCC1CCOCC1)CCNC2. The van der Waals surface area contributed by atoms with E-state index in [2.05, 4.69) is 23.5 Å². The number of nitrogens with one attached hydrogen (secondary N) is 1. The van der Waals surface area contributed by atoms with Crippen LogP contribution in [0.5, 0.6) is 5.75 Å². The smallest absolute Gasteiger partial charge is 0.119 e. The Kier molecular flexibility index (Phi) is 5.49. The van der Waals surface area contributed by atoms with E-state index < -0.39 is 0 Å². The summed E-state index contributed by atoms with van der Waals surface area (Å²) in [4.78, 5) is 0. The van der Waals surface area contributed by atoms with E-state index in [0.29, 0.717) is 5.92 Å². The number of fused-ring (bicyclic) bond motifs is 1. The first-order valence-corrected chi connectivity index (χ1v) is 6.95. The molecule has 0 radical (unpaired) electrons. The summed E-state index contributed by atoms with van der Waals surface area (Å²) in [7, 11) is 0. The van der Waals surface area contributed by atoms with Crippen molar-refractivity contribution in [3.8, 4) is 5.75 Å². The summed E-state index contributed by atoms with van der Waals surface area (Å²) in [5, 5.41) is 3.39. The molecule has 0 saturated carbocycles. The molecular weight excluding hydrogens is 262 g/mol. The molecule has 1 aromatic carbocycles. The van der Waals surface area contributed by atoms with Gasteiger partial charge in [-0.25, -0.2) is 0 Å². The number of hydrogen-bond acceptors (Lipinski definition) is 3. The van der Waals surface area contributed by atoms with Gasteiger partial charge in [-0.1, -0.05) is 6.07 Å². The van der Waals surface area contributed by atoms with Gasteiger partial charge in [0.2, 0.25) is 0 Å². The Morgan fingerprint density at radius 3 is 2.89 bits per heavy atom. The van der Waals surface area contributed by atoms with Gasteiger partial charge in [-0.3, -0.25) is 0 Å². The van der Waals surface area contributed by atoms with E-state index in [9.17, 15) is 0 Å². The topological polar surface area (TPSA) is 30.5 Å². The second kappa shape index (κ2) is 7.13. The summed E-state index contributed by atoms with van der Waals surface area (Å²) in [6.07, 6.45) is 3.38. The van der Waals surface area contributed by atoms with E-state index in [-0.39, 0.29) is 12.4 Å². The first kappa shape index (κ1) is 14.6. The number of hydrogen-bond donors (Lipinski definition) is 1. The van der Waals surface area contributed by atoms with Crippen LogP contribution in [0.2, 0.25) is 0 Å². The molecule has 2 aliphatic rings. The van der Waals surface area contributed by atoms with Crippen molar-refractivity contribution in [2.45, 2.75) is 25.8 Å². The van der Waals surface area contributed by atoms with Crippen LogP contribution in [0, 0.1) is 5.92 Å². The predicted molar refractivity (Wildman–Crippen MR) is 78.1 cm³/mol. The fourth-order valence-electron chi connectivity index (χ4n) is 2.67. The molecular formula is C15H22ClNO2. The Balaban J connectivity index is 0.00000133. The standard InChI is InChI=1S/C15H21NO2.ClH/c1-2-15(9-13-3-6-16-10-14(1)13)18-11-12-4-7-17-8-5-12;/h1-2,9,12,16H,3-8,10-11H2;1H. The highest BCUT2D eigenvalue weighted by Crippen LogP contribution is 2.22. The van der Waals surface area contributed by atoms with E-state index in [0.717, 1.165) is 57.9 Å². The highest BCUT2D eigenvalue weighted by atomic mass is 35.5. The van der Waals surface area contributed by atoms with E-state index in [4.69, 9.17) is 9.47 Å². The second-order valence-corrected chi connectivity index (χ2v) is 5.22. The van der Waals surface area contributed by atoms with Gasteiger partial charge < -0.3 is 14.8 Å². The Morgan fingerprint density at radius 1 is 1.21 bits per heavy atom. The maximum absolute atomic E-state index is 5.94. The van der Waals surface area contributed by atoms with Gasteiger partial charge in [0.1, 0.15) is 5.75 Å². The minimum atomic E-state index is 0. The van der Waals surface area contributed by atoms with Crippen LogP contribution in [0.4, 0.5) is 0 Å². The highest BCUT2D eigenvalue weighted by Gasteiger charge is 2.15. The van der Waals surface area contributed by atoms with Gasteiger partial charge in [0.15, 0.2) is 0 Å². The molecule has 4 heteroatoms. The molecule has 0 amide bonds. The summed E-state index contributed by atoms with van der Waals surface area (Å²) in [5.74, 6) is 1.69. The van der Waals surface area contributed by atoms with Crippen molar-refractivity contribution >= 4 is 12.4 Å². The zero-order valence-electron chi connectivity index (χ0n) is 11.2. The van der Waals surface area contributed by atoms with Crippen molar-refractivity contribution in [3.63, 3.8) is 0 Å². The summed E-state index contributed by atoms with van der Waals surface area (Å²) in [6.45, 7) is 4.69. The summed E-state index contributed by atoms with van der Waals surface area (Å²) in [6, 6.07) is 6.52. The Bertz CT molecular complexity index is 405. The average molecular weight is 284 g/mol. The van der Waals surface area contributed by atoms with E-state index in [1.54, 1.807) is 0 Å². The van der Waals surface area contributed by atoms with Crippen LogP contribution in [-0.2, 0) is 17.7 Å². The van der Waals surface area contributed by atoms with Crippen molar-refractivity contribution < 1.29 is 9.47 Å². The first-order valence-electron chi connectivity index (χ1n) is 6.95. The summed E-state index contributed by atoms with van der Waals surface area (Å²) >= 11 is 0. The number of benzene rings is 1. The molecule has 0 aromatic heterocycles. The van der Waals surface area contributed by atoms with Crippen LogP contribution >= 0.6 is 12.4 Å². The van der Waals surface area contributed by atoms with Crippen molar-refractivity contribution in [1.82, 2.24) is 5.32 Å². The summed E-state index contributed by atoms with van der Waals surface area (Å²) in [5.41, 5.74) is 2.86. The van der Waals surface area contributed by atoms with Crippen molar-refractivity contribution in [2.75, 3.05) is 26.4 Å². The Morgan fingerprint density at radius 2 is 2.05 bits per heavy atom. The Hall–Kier alpha value is -0.770. The molecule has 0 bridgehead atoms. The quantitative estimate of drug-likeness (QED) is 0.925. The molecule has 0 aliphatic carbocycles. The van der Waals surface area contributed by atoms with E-state index >= 15 is 0 Å². The lowest BCUT2D eigenvalue weighted by atomic mass is 10.0. The fraction of sp³-hybridized carbons (Fsp3) is 0.600. The average Bonchev–Trinajstić information content (AvgIpc) is 2.46. The van der Waals surface area contributed by atoms with Crippen LogP contribution < -0.4 is 10.1 Å². The third kappa shape index (κ3) is 3.85. The maximum atomic E-state index is 5.94. The number of halogens is 1. The van der Waals surface area contributed by atoms with Crippen LogP contribution in [0.15, 0.2) is 18.2 Å². The molecule has 0 unspecified atom stereocenters. The predicted octanol–water partition coefficient (Wildman–Crippen LogP) is 2.56. The molecule has 1 fully saturated rings. The normalized spacial score (nSPS) is 19.4. The van der Waals surface area contributed by atoms with Gasteiger partial charge in [0, 0.05) is 19.8 Å². The van der Waals surface area contributed by atoms with Gasteiger partial charge >= 0.3 is 0 Å². The van der Waals surface area contributed by atoms with Gasteiger partial charge in [-0.05, 0) is 55.0 Å². The minimum absolute atomic E-state index is 0. The molecule has 106 valence electrons. The van der Waals surface area contributed by atoms with Crippen molar-refractivity contribution in [3.05, 3.63) is 29.3 Å². The maximum Gasteiger partial charge on any atom is 0.119 e. The molecule has 1 saturated heterocycles. The van der Waals surface area contributed by atoms with E-state index in [1.807, 2.05) is 0 Å². The monoisotopic (exact) mass is 283 g/mol. The third-order valence-corrected chi connectivity index (χ3v) is 3.89. The lowest BCUT2D eigenvalue weighted by Crippen LogP contribution is -2.24. The summed E-state index contributed by atoms with van der Waals surface area (Å²) < 4.78 is 11.3. The first-order chi connectivity index (χ1) is 8.92. The van der Waals surface area contributed by atoms with Gasteiger partial charge in [-0.2, -0.15) is 0 Å². The third-order valence-electron chi connectivity index (χ3n) is 3.89. The molecule has 1 aromatic rings. The Labute approximate surface area is 121 Å². The molecule has 2 aliphatic heterocycles. The lowest BCUT2D eigenvalue weighted by Gasteiger charge is -2.23. The molecule has 2 heterocycles. The zero-order chi connectivity index (χ0) is 12.2. The lowest BCUT2D eigenvalue weighted by molar-refractivity contribution is 0.0497. The van der Waals surface area contributed by atoms with Crippen molar-refractivity contribution in [1.29, 1.82) is 0 Å². The second-order valence-electron chi connectivity index (χ2n) is 5.22. The molecule has 0 atom stereocenters. The van der Waals surface area contributed by atoms with Crippen LogP contribution in [-0.4, -0.2) is 26.4 Å². The highest BCUT2D eigenvalue weighted by molar-refractivity contribution is 5.85. The fourth-order valence-corrected chi connectivity index (χ4v) is 2.67. The number of rotatable bonds is 3. The molecule has 1 N–H and O–H groups in total. The van der Waals surface area contributed by atoms with Gasteiger partial charge in [0.25, 0.3) is 0 Å². The molecule has 3 nitrogen and oxygen atoms in total. The van der Waals surface area contributed by atoms with Gasteiger partial charge in [0.05, 0.1) is 6.61 Å². The van der Waals surface area contributed by atoms with Crippen LogP contribution in [0.1, 0.15) is 24.0 Å². The largest absolute Gasteiger partial charge is 0.493 e. The molecule has 3 rings (SSSR count). The number of ether oxygens (including phenoxy) is 2. The molecule has 0 spiro atoms. The van der Waals surface area contributed by atoms with Crippen LogP contribution in [0.3, 0.4) is 0 Å². The zero-order valence-corrected chi connectivity index (χ0v) is 12.0. The van der Waals surface area contributed by atoms with Crippen LogP contribution in [0.25, 0.3) is 0 Å². The minimum Gasteiger partial charge on any atom is -0.493 e. The molecule has 19 heavy (non-hydrogen) atoms. The van der Waals surface area contributed by atoms with E-state index in [1.165, 1.54) is 11.1 Å².